The molecular weight excluding hydrogens is 229 g/mol. The molecule has 98 valence electrons. The van der Waals surface area contributed by atoms with E-state index < -0.39 is 0 Å². The Morgan fingerprint density at radius 3 is 2.78 bits per heavy atom. The van der Waals surface area contributed by atoms with E-state index in [0.717, 1.165) is 43.4 Å². The quantitative estimate of drug-likeness (QED) is 0.816. The first-order valence-corrected chi connectivity index (χ1v) is 6.64. The summed E-state index contributed by atoms with van der Waals surface area (Å²) in [5, 5.41) is 3.23. The van der Waals surface area contributed by atoms with Crippen molar-refractivity contribution in [3.63, 3.8) is 0 Å². The zero-order chi connectivity index (χ0) is 13.1. The topological polar surface area (TPSA) is 29.1 Å². The molecule has 1 N–H and O–H groups in total. The molecule has 1 fully saturated rings. The number of nitrogens with one attached hydrogen (secondary N) is 1. The van der Waals surface area contributed by atoms with Gasteiger partial charge in [0.1, 0.15) is 5.82 Å². The minimum Gasteiger partial charge on any atom is -0.307 e. The van der Waals surface area contributed by atoms with Gasteiger partial charge in [-0.1, -0.05) is 18.9 Å². The first-order chi connectivity index (χ1) is 8.59. The molecule has 0 radical (unpaired) electrons. The molecule has 0 saturated carbocycles. The fourth-order valence-electron chi connectivity index (χ4n) is 2.65. The molecule has 0 amide bonds. The van der Waals surface area contributed by atoms with Gasteiger partial charge in [-0.3, -0.25) is 4.79 Å². The zero-order valence-corrected chi connectivity index (χ0v) is 11.1. The van der Waals surface area contributed by atoms with Gasteiger partial charge < -0.3 is 5.32 Å². The highest BCUT2D eigenvalue weighted by Gasteiger charge is 2.24. The second-order valence-electron chi connectivity index (χ2n) is 5.16. The summed E-state index contributed by atoms with van der Waals surface area (Å²) < 4.78 is 14.0. The first kappa shape index (κ1) is 13.2. The van der Waals surface area contributed by atoms with Gasteiger partial charge in [0, 0.05) is 0 Å². The van der Waals surface area contributed by atoms with Crippen molar-refractivity contribution in [3.8, 4) is 0 Å². The van der Waals surface area contributed by atoms with E-state index in [0.29, 0.717) is 0 Å². The highest BCUT2D eigenvalue weighted by molar-refractivity contribution is 6.01. The van der Waals surface area contributed by atoms with Crippen molar-refractivity contribution >= 4 is 5.78 Å². The molecule has 0 aromatic heterocycles. The summed E-state index contributed by atoms with van der Waals surface area (Å²) in [6.45, 7) is 4.50. The molecular formula is C15H20FNO. The molecule has 1 aliphatic rings. The molecule has 1 heterocycles. The SMILES string of the molecule is Cc1cc(C)c(C(=O)C2CCCCCN2)c(F)c1. The molecule has 0 spiro atoms. The van der Waals surface area contributed by atoms with Gasteiger partial charge in [0.05, 0.1) is 11.6 Å². The molecule has 0 aliphatic carbocycles. The second-order valence-corrected chi connectivity index (χ2v) is 5.16. The van der Waals surface area contributed by atoms with E-state index in [1.807, 2.05) is 13.0 Å². The van der Waals surface area contributed by atoms with Gasteiger partial charge >= 0.3 is 0 Å². The zero-order valence-electron chi connectivity index (χ0n) is 11.1. The number of rotatable bonds is 2. The summed E-state index contributed by atoms with van der Waals surface area (Å²) in [5.41, 5.74) is 1.86. The predicted molar refractivity (Wildman–Crippen MR) is 70.5 cm³/mol. The fourth-order valence-corrected chi connectivity index (χ4v) is 2.65. The summed E-state index contributed by atoms with van der Waals surface area (Å²) in [7, 11) is 0. The molecule has 1 aromatic carbocycles. The van der Waals surface area contributed by atoms with Gasteiger partial charge in [-0.25, -0.2) is 4.39 Å². The summed E-state index contributed by atoms with van der Waals surface area (Å²) in [4.78, 5) is 12.4. The molecule has 18 heavy (non-hydrogen) atoms. The van der Waals surface area contributed by atoms with Crippen LogP contribution in [0.15, 0.2) is 12.1 Å². The van der Waals surface area contributed by atoms with Crippen LogP contribution in [0.4, 0.5) is 4.39 Å². The summed E-state index contributed by atoms with van der Waals surface area (Å²) in [6.07, 6.45) is 4.09. The minimum absolute atomic E-state index is 0.0908. The average Bonchev–Trinajstić information content (AvgIpc) is 2.55. The molecule has 1 aliphatic heterocycles. The molecule has 1 atom stereocenters. The van der Waals surface area contributed by atoms with Crippen molar-refractivity contribution in [3.05, 3.63) is 34.6 Å². The number of Topliss-reactive ketones (excluding diaryl/α,β-unsaturated/α-hetero) is 1. The van der Waals surface area contributed by atoms with Crippen LogP contribution in [0.2, 0.25) is 0 Å². The molecule has 2 nitrogen and oxygen atoms in total. The first-order valence-electron chi connectivity index (χ1n) is 6.64. The summed E-state index contributed by atoms with van der Waals surface area (Å²) in [6, 6.07) is 3.09. The van der Waals surface area contributed by atoms with Gasteiger partial charge in [-0.05, 0) is 50.4 Å². The van der Waals surface area contributed by atoms with Crippen LogP contribution in [-0.4, -0.2) is 18.4 Å². The van der Waals surface area contributed by atoms with Gasteiger partial charge in [0.15, 0.2) is 5.78 Å². The Morgan fingerprint density at radius 2 is 2.06 bits per heavy atom. The van der Waals surface area contributed by atoms with E-state index in [1.54, 1.807) is 6.92 Å². The van der Waals surface area contributed by atoms with Crippen LogP contribution in [0.1, 0.15) is 47.2 Å². The Balaban J connectivity index is 2.27. The Morgan fingerprint density at radius 1 is 1.28 bits per heavy atom. The Labute approximate surface area is 108 Å². The van der Waals surface area contributed by atoms with Gasteiger partial charge in [0.2, 0.25) is 0 Å². The van der Waals surface area contributed by atoms with Crippen LogP contribution in [-0.2, 0) is 0 Å². The maximum atomic E-state index is 14.0. The Hall–Kier alpha value is -1.22. The van der Waals surface area contributed by atoms with Crippen molar-refractivity contribution in [2.24, 2.45) is 0 Å². The molecule has 1 aromatic rings. The number of halogens is 1. The summed E-state index contributed by atoms with van der Waals surface area (Å²) >= 11 is 0. The van der Waals surface area contributed by atoms with E-state index in [2.05, 4.69) is 5.32 Å². The van der Waals surface area contributed by atoms with Crippen LogP contribution in [0.3, 0.4) is 0 Å². The number of carbonyl (C=O) groups is 1. The normalized spacial score (nSPS) is 20.5. The average molecular weight is 249 g/mol. The Kier molecular flexibility index (Phi) is 4.12. The number of aryl methyl sites for hydroxylation is 2. The third-order valence-corrected chi connectivity index (χ3v) is 3.55. The molecule has 1 unspecified atom stereocenters. The minimum atomic E-state index is -0.386. The van der Waals surface area contributed by atoms with E-state index in [1.165, 1.54) is 6.07 Å². The number of hydrogen-bond donors (Lipinski definition) is 1. The monoisotopic (exact) mass is 249 g/mol. The molecule has 2 rings (SSSR count). The molecule has 1 saturated heterocycles. The number of hydrogen-bond acceptors (Lipinski definition) is 2. The fraction of sp³-hybridized carbons (Fsp3) is 0.533. The van der Waals surface area contributed by atoms with Crippen LogP contribution in [0.25, 0.3) is 0 Å². The molecule has 0 bridgehead atoms. The van der Waals surface area contributed by atoms with E-state index in [-0.39, 0.29) is 23.2 Å². The van der Waals surface area contributed by atoms with Crippen molar-refractivity contribution in [1.82, 2.24) is 5.32 Å². The number of benzene rings is 1. The van der Waals surface area contributed by atoms with Crippen molar-refractivity contribution in [2.45, 2.75) is 45.6 Å². The molecule has 3 heteroatoms. The smallest absolute Gasteiger partial charge is 0.182 e. The maximum Gasteiger partial charge on any atom is 0.182 e. The van der Waals surface area contributed by atoms with Crippen molar-refractivity contribution in [1.29, 1.82) is 0 Å². The van der Waals surface area contributed by atoms with Gasteiger partial charge in [-0.2, -0.15) is 0 Å². The standard InChI is InChI=1S/C15H20FNO/c1-10-8-11(2)14(12(16)9-10)15(18)13-6-4-3-5-7-17-13/h8-9,13,17H,3-7H2,1-2H3. The van der Waals surface area contributed by atoms with Crippen LogP contribution in [0.5, 0.6) is 0 Å². The van der Waals surface area contributed by atoms with E-state index in [4.69, 9.17) is 0 Å². The Bertz CT molecular complexity index is 425. The van der Waals surface area contributed by atoms with Gasteiger partial charge in [0.25, 0.3) is 0 Å². The lowest BCUT2D eigenvalue weighted by Crippen LogP contribution is -2.36. The number of ketones is 1. The van der Waals surface area contributed by atoms with Crippen LogP contribution in [0, 0.1) is 19.7 Å². The lowest BCUT2D eigenvalue weighted by Gasteiger charge is -2.16. The number of carbonyl (C=O) groups excluding carboxylic acids is 1. The third kappa shape index (κ3) is 2.78. The third-order valence-electron chi connectivity index (χ3n) is 3.55. The van der Waals surface area contributed by atoms with Gasteiger partial charge in [-0.15, -0.1) is 0 Å². The van der Waals surface area contributed by atoms with E-state index >= 15 is 0 Å². The van der Waals surface area contributed by atoms with Crippen molar-refractivity contribution in [2.75, 3.05) is 6.54 Å². The maximum absolute atomic E-state index is 14.0. The van der Waals surface area contributed by atoms with Crippen molar-refractivity contribution < 1.29 is 9.18 Å². The predicted octanol–water partition coefficient (Wildman–Crippen LogP) is 3.16. The van der Waals surface area contributed by atoms with E-state index in [9.17, 15) is 9.18 Å². The lowest BCUT2D eigenvalue weighted by molar-refractivity contribution is 0.0936. The lowest BCUT2D eigenvalue weighted by atomic mass is 9.95. The van der Waals surface area contributed by atoms with Crippen LogP contribution < -0.4 is 5.32 Å². The van der Waals surface area contributed by atoms with Crippen LogP contribution >= 0.6 is 0 Å². The highest BCUT2D eigenvalue weighted by atomic mass is 19.1. The summed E-state index contributed by atoms with van der Waals surface area (Å²) in [5.74, 6) is -0.476. The second kappa shape index (κ2) is 5.61. The highest BCUT2D eigenvalue weighted by Crippen LogP contribution is 2.20. The largest absolute Gasteiger partial charge is 0.307 e.